The molecule has 1 aliphatic carbocycles. The minimum atomic E-state index is -0.336. The molecule has 0 fully saturated rings. The van der Waals surface area contributed by atoms with Crippen molar-refractivity contribution in [2.24, 2.45) is 12.5 Å². The van der Waals surface area contributed by atoms with Crippen LogP contribution in [0.3, 0.4) is 0 Å². The first-order valence-electron chi connectivity index (χ1n) is 12.1. The molecule has 1 amide bonds. The summed E-state index contributed by atoms with van der Waals surface area (Å²) in [4.78, 5) is 37.6. The molecule has 3 N–H and O–H groups in total. The number of ketones is 1. The second kappa shape index (κ2) is 9.98. The van der Waals surface area contributed by atoms with Gasteiger partial charge < -0.3 is 20.4 Å². The number of hydrogen-bond acceptors (Lipinski definition) is 7. The summed E-state index contributed by atoms with van der Waals surface area (Å²) in [5.41, 5.74) is 4.66. The molecular weight excluding hydrogens is 470 g/mol. The standard InChI is InChI=1S/C27H29N7O3/c1-27(2)12-19-24(20(35)13-27)26(31-18-7-5-4-6-8-18)25(32-19)17-9-10-28-21(11-17)33-23(36)15-37-14-22-29-16-30-34(22)3/h4-11,16,31-32H,12-15H2,1-3H3,(H,28,33,36). The highest BCUT2D eigenvalue weighted by atomic mass is 16.5. The summed E-state index contributed by atoms with van der Waals surface area (Å²) in [7, 11) is 1.76. The fraction of sp³-hybridized carbons (Fsp3) is 0.296. The number of nitrogens with zero attached hydrogens (tertiary/aromatic N) is 4. The molecule has 0 atom stereocenters. The van der Waals surface area contributed by atoms with E-state index in [0.29, 0.717) is 23.6 Å². The molecule has 0 saturated heterocycles. The SMILES string of the molecule is Cn1ncnc1COCC(=O)Nc1cc(-c2[nH]c3c(c2Nc2ccccc2)C(=O)CC(C)(C)C3)ccn1. The average molecular weight is 500 g/mol. The number of anilines is 3. The number of aromatic amines is 1. The molecule has 1 aromatic carbocycles. The van der Waals surface area contributed by atoms with E-state index in [2.05, 4.69) is 44.5 Å². The van der Waals surface area contributed by atoms with Crippen LogP contribution in [0, 0.1) is 5.41 Å². The van der Waals surface area contributed by atoms with Gasteiger partial charge in [0, 0.05) is 36.6 Å². The van der Waals surface area contributed by atoms with E-state index in [4.69, 9.17) is 4.74 Å². The van der Waals surface area contributed by atoms with E-state index >= 15 is 0 Å². The second-order valence-corrected chi connectivity index (χ2v) is 9.93. The normalized spacial score (nSPS) is 14.3. The van der Waals surface area contributed by atoms with Crippen LogP contribution in [0.4, 0.5) is 17.2 Å². The molecule has 10 nitrogen and oxygen atoms in total. The molecule has 190 valence electrons. The molecule has 0 saturated carbocycles. The van der Waals surface area contributed by atoms with Crippen molar-refractivity contribution in [2.45, 2.75) is 33.3 Å². The van der Waals surface area contributed by atoms with Gasteiger partial charge in [-0.2, -0.15) is 5.10 Å². The van der Waals surface area contributed by atoms with Crippen molar-refractivity contribution in [1.82, 2.24) is 24.7 Å². The van der Waals surface area contributed by atoms with Gasteiger partial charge in [-0.25, -0.2) is 9.97 Å². The van der Waals surface area contributed by atoms with Gasteiger partial charge in [0.25, 0.3) is 5.91 Å². The van der Waals surface area contributed by atoms with E-state index in [9.17, 15) is 9.59 Å². The summed E-state index contributed by atoms with van der Waals surface area (Å²) in [6, 6.07) is 13.4. The number of H-pyrrole nitrogens is 1. The van der Waals surface area contributed by atoms with E-state index in [1.165, 1.54) is 6.33 Å². The predicted octanol–water partition coefficient (Wildman–Crippen LogP) is 4.26. The third-order valence-corrected chi connectivity index (χ3v) is 6.28. The minimum Gasteiger partial charge on any atom is -0.364 e. The Balaban J connectivity index is 1.39. The van der Waals surface area contributed by atoms with Gasteiger partial charge in [0.2, 0.25) is 0 Å². The lowest BCUT2D eigenvalue weighted by atomic mass is 9.76. The van der Waals surface area contributed by atoms with Gasteiger partial charge in [-0.15, -0.1) is 0 Å². The lowest BCUT2D eigenvalue weighted by Crippen LogP contribution is -2.26. The summed E-state index contributed by atoms with van der Waals surface area (Å²) in [6.07, 6.45) is 4.30. The van der Waals surface area contributed by atoms with Gasteiger partial charge in [-0.05, 0) is 36.1 Å². The highest BCUT2D eigenvalue weighted by Gasteiger charge is 2.35. The van der Waals surface area contributed by atoms with Gasteiger partial charge in [-0.1, -0.05) is 32.0 Å². The molecule has 0 unspecified atom stereocenters. The van der Waals surface area contributed by atoms with Gasteiger partial charge >= 0.3 is 0 Å². The zero-order valence-electron chi connectivity index (χ0n) is 21.0. The summed E-state index contributed by atoms with van der Waals surface area (Å²) in [5, 5.41) is 10.2. The number of aryl methyl sites for hydroxylation is 1. The summed E-state index contributed by atoms with van der Waals surface area (Å²) < 4.78 is 7.05. The molecule has 0 aliphatic heterocycles. The highest BCUT2D eigenvalue weighted by Crippen LogP contribution is 2.43. The molecule has 0 bridgehead atoms. The van der Waals surface area contributed by atoms with Crippen molar-refractivity contribution < 1.29 is 14.3 Å². The van der Waals surface area contributed by atoms with Crippen LogP contribution < -0.4 is 10.6 Å². The number of para-hydroxylation sites is 1. The van der Waals surface area contributed by atoms with E-state index in [0.717, 1.165) is 34.7 Å². The van der Waals surface area contributed by atoms with Crippen molar-refractivity contribution in [3.8, 4) is 11.3 Å². The lowest BCUT2D eigenvalue weighted by Gasteiger charge is -2.28. The molecule has 1 aliphatic rings. The summed E-state index contributed by atoms with van der Waals surface area (Å²) in [6.45, 7) is 4.22. The van der Waals surface area contributed by atoms with E-state index in [1.807, 2.05) is 36.4 Å². The lowest BCUT2D eigenvalue weighted by molar-refractivity contribution is -0.121. The third-order valence-electron chi connectivity index (χ3n) is 6.28. The van der Waals surface area contributed by atoms with E-state index in [-0.39, 0.29) is 30.3 Å². The number of benzene rings is 1. The number of amides is 1. The monoisotopic (exact) mass is 499 g/mol. The first-order valence-corrected chi connectivity index (χ1v) is 12.1. The first-order chi connectivity index (χ1) is 17.8. The zero-order chi connectivity index (χ0) is 26.0. The van der Waals surface area contributed by atoms with E-state index in [1.54, 1.807) is 24.0 Å². The number of carbonyl (C=O) groups excluding carboxylic acids is 2. The molecule has 37 heavy (non-hydrogen) atoms. The molecule has 3 heterocycles. The van der Waals surface area contributed by atoms with Gasteiger partial charge in [0.15, 0.2) is 11.6 Å². The maximum absolute atomic E-state index is 13.2. The van der Waals surface area contributed by atoms with Crippen molar-refractivity contribution in [3.05, 3.63) is 72.1 Å². The number of pyridine rings is 1. The number of fused-ring (bicyclic) bond motifs is 1. The smallest absolute Gasteiger partial charge is 0.251 e. The molecule has 0 spiro atoms. The number of hydrogen-bond donors (Lipinski definition) is 3. The van der Waals surface area contributed by atoms with Crippen molar-refractivity contribution in [1.29, 1.82) is 0 Å². The average Bonchev–Trinajstić information content (AvgIpc) is 3.42. The largest absolute Gasteiger partial charge is 0.364 e. The van der Waals surface area contributed by atoms with Crippen LogP contribution in [0.1, 0.15) is 42.1 Å². The number of ether oxygens (including phenoxy) is 1. The highest BCUT2D eigenvalue weighted by molar-refractivity contribution is 6.08. The van der Waals surface area contributed by atoms with Gasteiger partial charge in [0.05, 0.1) is 16.9 Å². The number of nitrogens with one attached hydrogen (secondary N) is 3. The van der Waals surface area contributed by atoms with Gasteiger partial charge in [-0.3, -0.25) is 14.3 Å². The third kappa shape index (κ3) is 5.44. The molecule has 3 aromatic heterocycles. The minimum absolute atomic E-state index is 0.106. The molecule has 0 radical (unpaired) electrons. The van der Waals surface area contributed by atoms with Crippen molar-refractivity contribution >= 4 is 28.9 Å². The topological polar surface area (TPSA) is 127 Å². The number of Topliss-reactive ketones (excluding diaryl/α,β-unsaturated/α-hetero) is 1. The van der Waals surface area contributed by atoms with Crippen LogP contribution in [0.5, 0.6) is 0 Å². The van der Waals surface area contributed by atoms with Crippen LogP contribution in [0.15, 0.2) is 55.0 Å². The van der Waals surface area contributed by atoms with Crippen LogP contribution >= 0.6 is 0 Å². The van der Waals surface area contributed by atoms with Crippen LogP contribution in [-0.2, 0) is 29.6 Å². The fourth-order valence-electron chi connectivity index (χ4n) is 4.58. The number of carbonyl (C=O) groups is 2. The number of aromatic nitrogens is 5. The van der Waals surface area contributed by atoms with Gasteiger partial charge in [0.1, 0.15) is 25.4 Å². The first kappa shape index (κ1) is 24.4. The fourth-order valence-corrected chi connectivity index (χ4v) is 4.58. The second-order valence-electron chi connectivity index (χ2n) is 9.93. The Labute approximate surface area is 214 Å². The van der Waals surface area contributed by atoms with Crippen molar-refractivity contribution in [2.75, 3.05) is 17.2 Å². The zero-order valence-corrected chi connectivity index (χ0v) is 21.0. The Bertz CT molecular complexity index is 1440. The van der Waals surface area contributed by atoms with Crippen LogP contribution in [-0.4, -0.2) is 43.0 Å². The Morgan fingerprint density at radius 2 is 1.97 bits per heavy atom. The summed E-state index contributed by atoms with van der Waals surface area (Å²) in [5.74, 6) is 0.779. The number of rotatable bonds is 8. The molecular formula is C27H29N7O3. The predicted molar refractivity (Wildman–Crippen MR) is 139 cm³/mol. The maximum Gasteiger partial charge on any atom is 0.251 e. The molecule has 10 heteroatoms. The maximum atomic E-state index is 13.2. The Morgan fingerprint density at radius 1 is 1.16 bits per heavy atom. The Kier molecular flexibility index (Phi) is 6.58. The Hall–Kier alpha value is -4.31. The molecule has 4 aromatic rings. The Morgan fingerprint density at radius 3 is 2.73 bits per heavy atom. The summed E-state index contributed by atoms with van der Waals surface area (Å²) >= 11 is 0. The van der Waals surface area contributed by atoms with Crippen molar-refractivity contribution in [3.63, 3.8) is 0 Å². The van der Waals surface area contributed by atoms with Crippen LogP contribution in [0.25, 0.3) is 11.3 Å². The van der Waals surface area contributed by atoms with Crippen LogP contribution in [0.2, 0.25) is 0 Å². The van der Waals surface area contributed by atoms with E-state index < -0.39 is 0 Å². The molecule has 5 rings (SSSR count). The quantitative estimate of drug-likeness (QED) is 0.331.